The van der Waals surface area contributed by atoms with Gasteiger partial charge in [0.15, 0.2) is 11.6 Å². The first-order valence-corrected chi connectivity index (χ1v) is 7.67. The molecule has 7 nitrogen and oxygen atoms in total. The number of hydrogen-bond acceptors (Lipinski definition) is 6. The van der Waals surface area contributed by atoms with Gasteiger partial charge in [0.25, 0.3) is 5.91 Å². The summed E-state index contributed by atoms with van der Waals surface area (Å²) in [6.07, 6.45) is 0. The average molecular weight is 354 g/mol. The third kappa shape index (κ3) is 3.30. The highest BCUT2D eigenvalue weighted by molar-refractivity contribution is 6.10. The summed E-state index contributed by atoms with van der Waals surface area (Å²) >= 11 is 0. The molecule has 0 radical (unpaired) electrons. The van der Waals surface area contributed by atoms with Crippen LogP contribution in [-0.4, -0.2) is 21.9 Å². The Labute approximate surface area is 148 Å². The van der Waals surface area contributed by atoms with Crippen LogP contribution in [0.3, 0.4) is 0 Å². The fraction of sp³-hybridized carbons (Fsp3) is 0.111. The Hall–Kier alpha value is -3.55. The number of carbonyl (C=O) groups excluding carboxylic acids is 2. The number of hydrogen-bond donors (Lipinski definition) is 2. The quantitative estimate of drug-likeness (QED) is 0.681. The molecular formula is C18H15FN4O3. The van der Waals surface area contributed by atoms with Crippen LogP contribution >= 0.6 is 0 Å². The van der Waals surface area contributed by atoms with Gasteiger partial charge in [0, 0.05) is 5.56 Å². The first kappa shape index (κ1) is 17.3. The van der Waals surface area contributed by atoms with E-state index in [1.54, 1.807) is 31.2 Å². The molecule has 0 unspecified atom stereocenters. The predicted octanol–water partition coefficient (Wildman–Crippen LogP) is 3.23. The molecule has 8 heteroatoms. The van der Waals surface area contributed by atoms with Gasteiger partial charge in [-0.1, -0.05) is 0 Å². The van der Waals surface area contributed by atoms with E-state index in [4.69, 9.17) is 10.2 Å². The van der Waals surface area contributed by atoms with Gasteiger partial charge in [-0.25, -0.2) is 4.39 Å². The first-order chi connectivity index (χ1) is 12.4. The van der Waals surface area contributed by atoms with Crippen molar-refractivity contribution < 1.29 is 18.4 Å². The van der Waals surface area contributed by atoms with Crippen molar-refractivity contribution in [3.63, 3.8) is 0 Å². The monoisotopic (exact) mass is 354 g/mol. The van der Waals surface area contributed by atoms with Crippen LogP contribution in [0.5, 0.6) is 0 Å². The topological polar surface area (TPSA) is 111 Å². The number of nitrogens with one attached hydrogen (secondary N) is 1. The van der Waals surface area contributed by atoms with Crippen LogP contribution in [0.4, 0.5) is 16.1 Å². The highest BCUT2D eigenvalue weighted by atomic mass is 19.1. The summed E-state index contributed by atoms with van der Waals surface area (Å²) in [5.41, 5.74) is 6.73. The molecule has 2 heterocycles. The van der Waals surface area contributed by atoms with Crippen molar-refractivity contribution in [2.24, 2.45) is 5.73 Å². The van der Waals surface area contributed by atoms with Crippen molar-refractivity contribution in [1.82, 2.24) is 10.2 Å². The Morgan fingerprint density at radius 1 is 1.08 bits per heavy atom. The van der Waals surface area contributed by atoms with E-state index < -0.39 is 5.91 Å². The molecule has 0 aliphatic carbocycles. The van der Waals surface area contributed by atoms with Gasteiger partial charge in [-0.2, -0.15) is 0 Å². The lowest BCUT2D eigenvalue weighted by Gasteiger charge is -2.05. The van der Waals surface area contributed by atoms with Crippen LogP contribution in [0.15, 0.2) is 40.8 Å². The number of halogens is 1. The van der Waals surface area contributed by atoms with E-state index >= 15 is 0 Å². The molecule has 3 aromatic rings. The van der Waals surface area contributed by atoms with Gasteiger partial charge in [0.05, 0.1) is 11.3 Å². The number of aromatic nitrogens is 2. The standard InChI is InChI=1S/C18H15FN4O3/c1-9(24)15-10(2)26-18(16(15)17(20)25)21-14-8-7-13(22-23-14)11-3-5-12(19)6-4-11/h3-8H,1-2H3,(H2,20,25)(H,21,23). The Morgan fingerprint density at radius 3 is 2.31 bits per heavy atom. The maximum atomic E-state index is 13.0. The third-order valence-corrected chi connectivity index (χ3v) is 3.73. The van der Waals surface area contributed by atoms with Crippen LogP contribution < -0.4 is 11.1 Å². The second-order valence-corrected chi connectivity index (χ2v) is 5.59. The summed E-state index contributed by atoms with van der Waals surface area (Å²) in [6, 6.07) is 9.13. The average Bonchev–Trinajstić information content (AvgIpc) is 2.93. The van der Waals surface area contributed by atoms with Gasteiger partial charge in [-0.15, -0.1) is 10.2 Å². The molecule has 3 N–H and O–H groups in total. The van der Waals surface area contributed by atoms with E-state index in [0.717, 1.165) is 0 Å². The lowest BCUT2D eigenvalue weighted by molar-refractivity contribution is 0.0974. The van der Waals surface area contributed by atoms with Gasteiger partial charge in [0.2, 0.25) is 5.88 Å². The normalized spacial score (nSPS) is 10.6. The number of anilines is 2. The van der Waals surface area contributed by atoms with Crippen LogP contribution in [0, 0.1) is 12.7 Å². The molecule has 0 fully saturated rings. The summed E-state index contributed by atoms with van der Waals surface area (Å²) in [4.78, 5) is 23.5. The van der Waals surface area contributed by atoms with Gasteiger partial charge < -0.3 is 15.5 Å². The minimum Gasteiger partial charge on any atom is -0.444 e. The lowest BCUT2D eigenvalue weighted by Crippen LogP contribution is -2.16. The molecule has 132 valence electrons. The van der Waals surface area contributed by atoms with Gasteiger partial charge in [-0.05, 0) is 50.2 Å². The van der Waals surface area contributed by atoms with Crippen molar-refractivity contribution in [3.8, 4) is 11.3 Å². The summed E-state index contributed by atoms with van der Waals surface area (Å²) in [5, 5.41) is 10.9. The van der Waals surface area contributed by atoms with Gasteiger partial charge in [-0.3, -0.25) is 9.59 Å². The molecule has 26 heavy (non-hydrogen) atoms. The summed E-state index contributed by atoms with van der Waals surface area (Å²) < 4.78 is 18.4. The number of primary amides is 1. The van der Waals surface area contributed by atoms with Crippen LogP contribution in [0.1, 0.15) is 33.4 Å². The minimum atomic E-state index is -0.787. The number of nitrogens with two attached hydrogens (primary N) is 1. The van der Waals surface area contributed by atoms with Crippen molar-refractivity contribution in [2.45, 2.75) is 13.8 Å². The third-order valence-electron chi connectivity index (χ3n) is 3.73. The van der Waals surface area contributed by atoms with Crippen molar-refractivity contribution >= 4 is 23.4 Å². The Kier molecular flexibility index (Phi) is 4.49. The van der Waals surface area contributed by atoms with E-state index in [-0.39, 0.29) is 34.4 Å². The van der Waals surface area contributed by atoms with Gasteiger partial charge >= 0.3 is 0 Å². The number of rotatable bonds is 5. The van der Waals surface area contributed by atoms with E-state index in [1.807, 2.05) is 0 Å². The molecule has 0 atom stereocenters. The smallest absolute Gasteiger partial charge is 0.255 e. The zero-order chi connectivity index (χ0) is 18.8. The van der Waals surface area contributed by atoms with E-state index in [1.165, 1.54) is 19.1 Å². The van der Waals surface area contributed by atoms with Crippen molar-refractivity contribution in [2.75, 3.05) is 5.32 Å². The zero-order valence-electron chi connectivity index (χ0n) is 14.0. The number of nitrogens with zero attached hydrogens (tertiary/aromatic N) is 2. The molecule has 1 aromatic carbocycles. The lowest BCUT2D eigenvalue weighted by atomic mass is 10.1. The number of benzene rings is 1. The number of carbonyl (C=O) groups is 2. The highest BCUT2D eigenvalue weighted by Crippen LogP contribution is 2.29. The number of Topliss-reactive ketones (excluding diaryl/α,β-unsaturated/α-hetero) is 1. The van der Waals surface area contributed by atoms with Crippen LogP contribution in [0.25, 0.3) is 11.3 Å². The van der Waals surface area contributed by atoms with E-state index in [9.17, 15) is 14.0 Å². The molecule has 0 aliphatic rings. The number of amides is 1. The molecule has 2 aromatic heterocycles. The molecule has 3 rings (SSSR count). The maximum absolute atomic E-state index is 13.0. The SMILES string of the molecule is CC(=O)c1c(C)oc(Nc2ccc(-c3ccc(F)cc3)nn2)c1C(N)=O. The first-order valence-electron chi connectivity index (χ1n) is 7.67. The minimum absolute atomic E-state index is 0.0283. The summed E-state index contributed by atoms with van der Waals surface area (Å²) in [7, 11) is 0. The van der Waals surface area contributed by atoms with Crippen molar-refractivity contribution in [1.29, 1.82) is 0 Å². The number of ketones is 1. The molecule has 0 aliphatic heterocycles. The molecule has 1 amide bonds. The van der Waals surface area contributed by atoms with E-state index in [0.29, 0.717) is 17.1 Å². The Morgan fingerprint density at radius 2 is 1.77 bits per heavy atom. The fourth-order valence-electron chi connectivity index (χ4n) is 2.58. The Balaban J connectivity index is 1.90. The zero-order valence-corrected chi connectivity index (χ0v) is 14.0. The molecule has 0 saturated carbocycles. The second kappa shape index (κ2) is 6.75. The fourth-order valence-corrected chi connectivity index (χ4v) is 2.58. The molecule has 0 bridgehead atoms. The maximum Gasteiger partial charge on any atom is 0.255 e. The van der Waals surface area contributed by atoms with Crippen molar-refractivity contribution in [3.05, 3.63) is 59.1 Å². The largest absolute Gasteiger partial charge is 0.444 e. The number of furan rings is 1. The van der Waals surface area contributed by atoms with Crippen LogP contribution in [0.2, 0.25) is 0 Å². The highest BCUT2D eigenvalue weighted by Gasteiger charge is 2.25. The van der Waals surface area contributed by atoms with Gasteiger partial charge in [0.1, 0.15) is 17.1 Å². The second-order valence-electron chi connectivity index (χ2n) is 5.59. The number of aryl methyl sites for hydroxylation is 1. The van der Waals surface area contributed by atoms with E-state index in [2.05, 4.69) is 15.5 Å². The molecular weight excluding hydrogens is 339 g/mol. The molecule has 0 spiro atoms. The van der Waals surface area contributed by atoms with Crippen LogP contribution in [-0.2, 0) is 0 Å². The Bertz CT molecular complexity index is 979. The predicted molar refractivity (Wildman–Crippen MR) is 92.7 cm³/mol. The summed E-state index contributed by atoms with van der Waals surface area (Å²) in [5.74, 6) is -0.847. The molecule has 0 saturated heterocycles. The summed E-state index contributed by atoms with van der Waals surface area (Å²) in [6.45, 7) is 2.89.